The van der Waals surface area contributed by atoms with E-state index >= 15 is 0 Å². The van der Waals surface area contributed by atoms with Crippen LogP contribution in [0.3, 0.4) is 0 Å². The quantitative estimate of drug-likeness (QED) is 0.894. The van der Waals surface area contributed by atoms with E-state index in [1.54, 1.807) is 0 Å². The summed E-state index contributed by atoms with van der Waals surface area (Å²) in [6.45, 7) is 5.90. The van der Waals surface area contributed by atoms with E-state index in [2.05, 4.69) is 6.92 Å². The summed E-state index contributed by atoms with van der Waals surface area (Å²) in [6, 6.07) is 5.86. The molecule has 1 unspecified atom stereocenters. The number of rotatable bonds is 5. The van der Waals surface area contributed by atoms with Gasteiger partial charge < -0.3 is 14.7 Å². The van der Waals surface area contributed by atoms with E-state index in [1.807, 2.05) is 30.0 Å². The molecule has 1 atom stereocenters. The second-order valence-electron chi connectivity index (χ2n) is 5.54. The molecule has 0 saturated carbocycles. The number of carbonyl (C=O) groups excluding carboxylic acids is 1. The SMILES string of the molecule is Cc1ccc(OCC(=O)N2CCC(CCO)C2)cc1C. The van der Waals surface area contributed by atoms with Crippen LogP contribution in [-0.4, -0.2) is 42.2 Å². The number of aliphatic hydroxyl groups excluding tert-OH is 1. The summed E-state index contributed by atoms with van der Waals surface area (Å²) < 4.78 is 5.57. The van der Waals surface area contributed by atoms with Crippen LogP contribution in [0.5, 0.6) is 5.75 Å². The van der Waals surface area contributed by atoms with Gasteiger partial charge in [-0.1, -0.05) is 6.07 Å². The minimum absolute atomic E-state index is 0.0312. The molecule has 2 rings (SSSR count). The van der Waals surface area contributed by atoms with E-state index in [9.17, 15) is 4.79 Å². The third kappa shape index (κ3) is 3.73. The molecule has 0 radical (unpaired) electrons. The lowest BCUT2D eigenvalue weighted by Crippen LogP contribution is -2.33. The highest BCUT2D eigenvalue weighted by Gasteiger charge is 2.25. The monoisotopic (exact) mass is 277 g/mol. The second kappa shape index (κ2) is 6.75. The highest BCUT2D eigenvalue weighted by Crippen LogP contribution is 2.20. The Morgan fingerprint density at radius 3 is 2.90 bits per heavy atom. The Bertz CT molecular complexity index is 473. The number of amides is 1. The summed E-state index contributed by atoms with van der Waals surface area (Å²) in [5, 5.41) is 8.92. The Morgan fingerprint density at radius 1 is 1.40 bits per heavy atom. The van der Waals surface area contributed by atoms with Crippen LogP contribution in [0, 0.1) is 19.8 Å². The fourth-order valence-corrected chi connectivity index (χ4v) is 2.52. The average molecular weight is 277 g/mol. The number of aliphatic hydroxyl groups is 1. The van der Waals surface area contributed by atoms with Gasteiger partial charge in [0.15, 0.2) is 6.61 Å². The zero-order valence-electron chi connectivity index (χ0n) is 12.3. The Labute approximate surface area is 120 Å². The third-order valence-corrected chi connectivity index (χ3v) is 4.02. The third-order valence-electron chi connectivity index (χ3n) is 4.02. The van der Waals surface area contributed by atoms with Crippen LogP contribution in [-0.2, 0) is 4.79 Å². The summed E-state index contributed by atoms with van der Waals surface area (Å²) in [4.78, 5) is 13.9. The van der Waals surface area contributed by atoms with Gasteiger partial charge in [-0.05, 0) is 55.9 Å². The van der Waals surface area contributed by atoms with Crippen molar-refractivity contribution in [3.63, 3.8) is 0 Å². The molecule has 0 bridgehead atoms. The predicted octanol–water partition coefficient (Wildman–Crippen LogP) is 1.91. The summed E-state index contributed by atoms with van der Waals surface area (Å²) in [5.41, 5.74) is 2.38. The molecule has 1 saturated heterocycles. The summed E-state index contributed by atoms with van der Waals surface area (Å²) >= 11 is 0. The fourth-order valence-electron chi connectivity index (χ4n) is 2.52. The fraction of sp³-hybridized carbons (Fsp3) is 0.562. The first-order valence-corrected chi connectivity index (χ1v) is 7.19. The largest absolute Gasteiger partial charge is 0.484 e. The molecule has 0 aromatic heterocycles. The zero-order chi connectivity index (χ0) is 14.5. The number of hydrogen-bond acceptors (Lipinski definition) is 3. The van der Waals surface area contributed by atoms with E-state index in [0.717, 1.165) is 31.7 Å². The average Bonchev–Trinajstić information content (AvgIpc) is 2.89. The molecule has 1 heterocycles. The zero-order valence-corrected chi connectivity index (χ0v) is 12.3. The van der Waals surface area contributed by atoms with Crippen LogP contribution < -0.4 is 4.74 Å². The van der Waals surface area contributed by atoms with E-state index in [1.165, 1.54) is 11.1 Å². The van der Waals surface area contributed by atoms with Crippen molar-refractivity contribution >= 4 is 5.91 Å². The van der Waals surface area contributed by atoms with Crippen molar-refractivity contribution in [2.75, 3.05) is 26.3 Å². The van der Waals surface area contributed by atoms with Gasteiger partial charge in [-0.3, -0.25) is 4.79 Å². The number of ether oxygens (including phenoxy) is 1. The van der Waals surface area contributed by atoms with Crippen LogP contribution in [0.1, 0.15) is 24.0 Å². The van der Waals surface area contributed by atoms with Gasteiger partial charge in [-0.15, -0.1) is 0 Å². The minimum Gasteiger partial charge on any atom is -0.484 e. The van der Waals surface area contributed by atoms with Gasteiger partial charge in [0.25, 0.3) is 5.91 Å². The molecule has 0 spiro atoms. The predicted molar refractivity (Wildman–Crippen MR) is 77.8 cm³/mol. The summed E-state index contributed by atoms with van der Waals surface area (Å²) in [6.07, 6.45) is 1.76. The van der Waals surface area contributed by atoms with Crippen molar-refractivity contribution < 1.29 is 14.6 Å². The van der Waals surface area contributed by atoms with Crippen LogP contribution in [0.25, 0.3) is 0 Å². The Morgan fingerprint density at radius 2 is 2.20 bits per heavy atom. The molecule has 4 heteroatoms. The van der Waals surface area contributed by atoms with Crippen molar-refractivity contribution in [2.24, 2.45) is 5.92 Å². The van der Waals surface area contributed by atoms with Gasteiger partial charge in [-0.25, -0.2) is 0 Å². The van der Waals surface area contributed by atoms with E-state index in [0.29, 0.717) is 5.92 Å². The van der Waals surface area contributed by atoms with E-state index in [4.69, 9.17) is 9.84 Å². The number of benzene rings is 1. The molecule has 110 valence electrons. The van der Waals surface area contributed by atoms with Gasteiger partial charge in [0.05, 0.1) is 0 Å². The lowest BCUT2D eigenvalue weighted by atomic mass is 10.1. The van der Waals surface area contributed by atoms with Gasteiger partial charge in [-0.2, -0.15) is 0 Å². The van der Waals surface area contributed by atoms with Crippen molar-refractivity contribution in [2.45, 2.75) is 26.7 Å². The highest BCUT2D eigenvalue weighted by molar-refractivity contribution is 5.78. The standard InChI is InChI=1S/C16H23NO3/c1-12-3-4-15(9-13(12)2)20-11-16(19)17-7-5-14(10-17)6-8-18/h3-4,9,14,18H,5-8,10-11H2,1-2H3. The maximum absolute atomic E-state index is 12.1. The number of likely N-dealkylation sites (tertiary alicyclic amines) is 1. The van der Waals surface area contributed by atoms with E-state index < -0.39 is 0 Å². The van der Waals surface area contributed by atoms with Crippen LogP contribution >= 0.6 is 0 Å². The van der Waals surface area contributed by atoms with Gasteiger partial charge in [0, 0.05) is 19.7 Å². The van der Waals surface area contributed by atoms with Crippen molar-refractivity contribution in [3.05, 3.63) is 29.3 Å². The number of carbonyl (C=O) groups is 1. The molecule has 0 aliphatic carbocycles. The second-order valence-corrected chi connectivity index (χ2v) is 5.54. The van der Waals surface area contributed by atoms with Crippen LogP contribution in [0.2, 0.25) is 0 Å². The molecule has 1 aliphatic rings. The van der Waals surface area contributed by atoms with Gasteiger partial charge in [0.2, 0.25) is 0 Å². The lowest BCUT2D eigenvalue weighted by molar-refractivity contribution is -0.132. The first kappa shape index (κ1) is 14.9. The Balaban J connectivity index is 1.82. The number of nitrogens with zero attached hydrogens (tertiary/aromatic N) is 1. The first-order chi connectivity index (χ1) is 9.60. The lowest BCUT2D eigenvalue weighted by Gasteiger charge is -2.17. The first-order valence-electron chi connectivity index (χ1n) is 7.19. The molecule has 1 aromatic carbocycles. The molecule has 4 nitrogen and oxygen atoms in total. The number of aryl methyl sites for hydroxylation is 2. The molecular weight excluding hydrogens is 254 g/mol. The van der Waals surface area contributed by atoms with Crippen LogP contribution in [0.4, 0.5) is 0 Å². The minimum atomic E-state index is 0.0312. The van der Waals surface area contributed by atoms with Crippen molar-refractivity contribution in [3.8, 4) is 5.75 Å². The Hall–Kier alpha value is -1.55. The molecular formula is C16H23NO3. The van der Waals surface area contributed by atoms with Gasteiger partial charge >= 0.3 is 0 Å². The topological polar surface area (TPSA) is 49.8 Å². The normalized spacial score (nSPS) is 18.4. The molecule has 1 fully saturated rings. The maximum atomic E-state index is 12.1. The molecule has 1 aliphatic heterocycles. The van der Waals surface area contributed by atoms with Crippen molar-refractivity contribution in [1.29, 1.82) is 0 Å². The smallest absolute Gasteiger partial charge is 0.260 e. The molecule has 1 N–H and O–H groups in total. The number of hydrogen-bond donors (Lipinski definition) is 1. The summed E-state index contributed by atoms with van der Waals surface area (Å²) in [7, 11) is 0. The summed E-state index contributed by atoms with van der Waals surface area (Å²) in [5.74, 6) is 1.21. The molecule has 1 aromatic rings. The highest BCUT2D eigenvalue weighted by atomic mass is 16.5. The van der Waals surface area contributed by atoms with Gasteiger partial charge in [0.1, 0.15) is 5.75 Å². The van der Waals surface area contributed by atoms with E-state index in [-0.39, 0.29) is 19.1 Å². The molecule has 1 amide bonds. The Kier molecular flexibility index (Phi) is 5.01. The molecule has 20 heavy (non-hydrogen) atoms. The van der Waals surface area contributed by atoms with Crippen molar-refractivity contribution in [1.82, 2.24) is 4.90 Å². The van der Waals surface area contributed by atoms with Crippen LogP contribution in [0.15, 0.2) is 18.2 Å². The maximum Gasteiger partial charge on any atom is 0.260 e.